The number of benzene rings is 1. The molecule has 1 aliphatic heterocycles. The SMILES string of the molecule is ClCCc1cc2cc3c(cc2nc1Cl)OCCO3. The Kier molecular flexibility index (Phi) is 3.18. The van der Waals surface area contributed by atoms with Gasteiger partial charge in [-0.2, -0.15) is 0 Å². The Morgan fingerprint density at radius 3 is 2.56 bits per heavy atom. The van der Waals surface area contributed by atoms with E-state index in [-0.39, 0.29) is 0 Å². The zero-order chi connectivity index (χ0) is 12.5. The molecule has 3 rings (SSSR count). The highest BCUT2D eigenvalue weighted by Gasteiger charge is 2.14. The van der Waals surface area contributed by atoms with Gasteiger partial charge < -0.3 is 9.47 Å². The molecule has 0 saturated heterocycles. The van der Waals surface area contributed by atoms with E-state index in [9.17, 15) is 0 Å². The van der Waals surface area contributed by atoms with E-state index in [1.54, 1.807) is 0 Å². The lowest BCUT2D eigenvalue weighted by molar-refractivity contribution is 0.172. The van der Waals surface area contributed by atoms with E-state index in [2.05, 4.69) is 4.98 Å². The summed E-state index contributed by atoms with van der Waals surface area (Å²) in [5, 5.41) is 1.49. The third-order valence-electron chi connectivity index (χ3n) is 2.87. The molecule has 1 aromatic heterocycles. The molecule has 0 spiro atoms. The number of hydrogen-bond donors (Lipinski definition) is 0. The summed E-state index contributed by atoms with van der Waals surface area (Å²) in [4.78, 5) is 4.37. The highest BCUT2D eigenvalue weighted by atomic mass is 35.5. The Morgan fingerprint density at radius 2 is 1.83 bits per heavy atom. The molecular weight excluding hydrogens is 273 g/mol. The minimum absolute atomic E-state index is 0.500. The number of pyridine rings is 1. The zero-order valence-corrected chi connectivity index (χ0v) is 11.1. The molecule has 0 amide bonds. The fourth-order valence-corrected chi connectivity index (χ4v) is 2.45. The van der Waals surface area contributed by atoms with Gasteiger partial charge in [0.15, 0.2) is 11.5 Å². The van der Waals surface area contributed by atoms with Crippen LogP contribution in [-0.4, -0.2) is 24.1 Å². The summed E-state index contributed by atoms with van der Waals surface area (Å²) in [5.41, 5.74) is 1.76. The lowest BCUT2D eigenvalue weighted by Gasteiger charge is -2.18. The van der Waals surface area contributed by atoms with Gasteiger partial charge in [-0.3, -0.25) is 0 Å². The Labute approximate surface area is 115 Å². The minimum atomic E-state index is 0.500. The van der Waals surface area contributed by atoms with Gasteiger partial charge in [0.25, 0.3) is 0 Å². The van der Waals surface area contributed by atoms with Crippen LogP contribution in [0.2, 0.25) is 5.15 Å². The molecule has 5 heteroatoms. The average molecular weight is 284 g/mol. The molecule has 0 radical (unpaired) electrons. The van der Waals surface area contributed by atoms with Crippen molar-refractivity contribution in [3.05, 3.63) is 28.9 Å². The molecule has 1 aromatic carbocycles. The van der Waals surface area contributed by atoms with Crippen molar-refractivity contribution in [2.75, 3.05) is 19.1 Å². The molecule has 2 aromatic rings. The number of fused-ring (bicyclic) bond motifs is 2. The van der Waals surface area contributed by atoms with Gasteiger partial charge in [0.1, 0.15) is 18.4 Å². The maximum atomic E-state index is 6.12. The van der Waals surface area contributed by atoms with Crippen LogP contribution in [0.15, 0.2) is 18.2 Å². The Hall–Kier alpha value is -1.19. The van der Waals surface area contributed by atoms with Gasteiger partial charge in [0.05, 0.1) is 5.52 Å². The first-order valence-corrected chi connectivity index (χ1v) is 6.64. The molecule has 0 N–H and O–H groups in total. The first kappa shape index (κ1) is 11.9. The fourth-order valence-electron chi connectivity index (χ4n) is 2.01. The predicted octanol–water partition coefficient (Wildman–Crippen LogP) is 3.44. The van der Waals surface area contributed by atoms with Crippen LogP contribution in [-0.2, 0) is 6.42 Å². The van der Waals surface area contributed by atoms with Crippen LogP contribution in [0.1, 0.15) is 5.56 Å². The molecule has 2 heterocycles. The summed E-state index contributed by atoms with van der Waals surface area (Å²) in [6.45, 7) is 1.14. The molecule has 1 aliphatic rings. The van der Waals surface area contributed by atoms with Crippen LogP contribution in [0.25, 0.3) is 10.9 Å². The van der Waals surface area contributed by atoms with E-state index in [0.29, 0.717) is 30.7 Å². The maximum absolute atomic E-state index is 6.12. The van der Waals surface area contributed by atoms with Crippen molar-refractivity contribution in [1.82, 2.24) is 4.98 Å². The topological polar surface area (TPSA) is 31.4 Å². The normalized spacial score (nSPS) is 13.9. The lowest BCUT2D eigenvalue weighted by Crippen LogP contribution is -2.15. The average Bonchev–Trinajstić information content (AvgIpc) is 2.38. The van der Waals surface area contributed by atoms with E-state index in [1.807, 2.05) is 18.2 Å². The van der Waals surface area contributed by atoms with E-state index in [4.69, 9.17) is 32.7 Å². The zero-order valence-electron chi connectivity index (χ0n) is 9.58. The Morgan fingerprint density at radius 1 is 1.11 bits per heavy atom. The highest BCUT2D eigenvalue weighted by Crippen LogP contribution is 2.35. The van der Waals surface area contributed by atoms with Crippen molar-refractivity contribution < 1.29 is 9.47 Å². The summed E-state index contributed by atoms with van der Waals surface area (Å²) < 4.78 is 11.1. The fraction of sp³-hybridized carbons (Fsp3) is 0.308. The lowest BCUT2D eigenvalue weighted by atomic mass is 10.1. The monoisotopic (exact) mass is 283 g/mol. The van der Waals surface area contributed by atoms with Gasteiger partial charge in [-0.05, 0) is 24.1 Å². The van der Waals surface area contributed by atoms with Crippen LogP contribution in [0.5, 0.6) is 11.5 Å². The number of rotatable bonds is 2. The summed E-state index contributed by atoms with van der Waals surface area (Å²) in [6, 6.07) is 5.80. The van der Waals surface area contributed by atoms with Crippen LogP contribution in [0, 0.1) is 0 Å². The smallest absolute Gasteiger partial charge is 0.163 e. The third-order valence-corrected chi connectivity index (χ3v) is 3.38. The van der Waals surface area contributed by atoms with Crippen molar-refractivity contribution in [2.45, 2.75) is 6.42 Å². The number of nitrogens with zero attached hydrogens (tertiary/aromatic N) is 1. The largest absolute Gasteiger partial charge is 0.486 e. The van der Waals surface area contributed by atoms with Crippen LogP contribution < -0.4 is 9.47 Å². The van der Waals surface area contributed by atoms with Crippen molar-refractivity contribution in [1.29, 1.82) is 0 Å². The van der Waals surface area contributed by atoms with Gasteiger partial charge in [-0.25, -0.2) is 4.98 Å². The second-order valence-electron chi connectivity index (χ2n) is 4.07. The molecule has 18 heavy (non-hydrogen) atoms. The van der Waals surface area contributed by atoms with Gasteiger partial charge in [-0.15, -0.1) is 11.6 Å². The number of hydrogen-bond acceptors (Lipinski definition) is 3. The summed E-state index contributed by atoms with van der Waals surface area (Å²) in [7, 11) is 0. The van der Waals surface area contributed by atoms with Crippen molar-refractivity contribution >= 4 is 34.1 Å². The predicted molar refractivity (Wildman–Crippen MR) is 72.2 cm³/mol. The molecule has 0 saturated carbocycles. The second kappa shape index (κ2) is 4.82. The molecule has 3 nitrogen and oxygen atoms in total. The van der Waals surface area contributed by atoms with Crippen LogP contribution >= 0.6 is 23.2 Å². The highest BCUT2D eigenvalue weighted by molar-refractivity contribution is 6.30. The Balaban J connectivity index is 2.15. The molecule has 94 valence electrons. The first-order valence-electron chi connectivity index (χ1n) is 5.72. The summed E-state index contributed by atoms with van der Waals surface area (Å²) in [5.74, 6) is 2.01. The van der Waals surface area contributed by atoms with Gasteiger partial charge in [-0.1, -0.05) is 11.6 Å². The number of aryl methyl sites for hydroxylation is 1. The van der Waals surface area contributed by atoms with Crippen LogP contribution in [0.4, 0.5) is 0 Å². The van der Waals surface area contributed by atoms with Crippen molar-refractivity contribution in [2.24, 2.45) is 0 Å². The van der Waals surface area contributed by atoms with Gasteiger partial charge in [0, 0.05) is 17.3 Å². The minimum Gasteiger partial charge on any atom is -0.486 e. The van der Waals surface area contributed by atoms with E-state index in [0.717, 1.165) is 28.0 Å². The van der Waals surface area contributed by atoms with Crippen molar-refractivity contribution in [3.8, 4) is 11.5 Å². The maximum Gasteiger partial charge on any atom is 0.163 e. The number of halogens is 2. The molecule has 0 atom stereocenters. The van der Waals surface area contributed by atoms with E-state index >= 15 is 0 Å². The molecule has 0 aliphatic carbocycles. The quantitative estimate of drug-likeness (QED) is 0.625. The molecule has 0 fully saturated rings. The number of ether oxygens (including phenoxy) is 2. The van der Waals surface area contributed by atoms with E-state index in [1.165, 1.54) is 0 Å². The first-order chi connectivity index (χ1) is 8.78. The van der Waals surface area contributed by atoms with Crippen LogP contribution in [0.3, 0.4) is 0 Å². The van der Waals surface area contributed by atoms with Gasteiger partial charge in [0.2, 0.25) is 0 Å². The molecule has 0 bridgehead atoms. The molecule has 0 unspecified atom stereocenters. The third kappa shape index (κ3) is 2.08. The van der Waals surface area contributed by atoms with Gasteiger partial charge >= 0.3 is 0 Å². The van der Waals surface area contributed by atoms with Crippen molar-refractivity contribution in [3.63, 3.8) is 0 Å². The number of alkyl halides is 1. The summed E-state index contributed by atoms with van der Waals surface area (Å²) >= 11 is 11.9. The second-order valence-corrected chi connectivity index (χ2v) is 4.80. The number of aromatic nitrogens is 1. The molecular formula is C13H11Cl2NO2. The standard InChI is InChI=1S/C13H11Cl2NO2/c14-2-1-8-5-9-6-11-12(18-4-3-17-11)7-10(9)16-13(8)15/h5-7H,1-4H2. The van der Waals surface area contributed by atoms with E-state index < -0.39 is 0 Å². The Bertz CT molecular complexity index is 601. The summed E-state index contributed by atoms with van der Waals surface area (Å²) in [6.07, 6.45) is 0.706.